The van der Waals surface area contributed by atoms with Crippen LogP contribution in [0.1, 0.15) is 38.5 Å². The van der Waals surface area contributed by atoms with E-state index in [1.807, 2.05) is 0 Å². The second-order valence-corrected chi connectivity index (χ2v) is 5.98. The predicted octanol–water partition coefficient (Wildman–Crippen LogP) is 2.89. The second-order valence-electron chi connectivity index (χ2n) is 5.98. The van der Waals surface area contributed by atoms with E-state index < -0.39 is 12.1 Å². The minimum atomic E-state index is -4.06. The van der Waals surface area contributed by atoms with Crippen LogP contribution in [-0.4, -0.2) is 44.7 Å². The van der Waals surface area contributed by atoms with Crippen LogP contribution >= 0.6 is 0 Å². The van der Waals surface area contributed by atoms with E-state index >= 15 is 0 Å². The smallest absolute Gasteiger partial charge is 0.381 e. The summed E-state index contributed by atoms with van der Waals surface area (Å²) in [4.78, 5) is 0. The molecule has 0 bridgehead atoms. The second kappa shape index (κ2) is 6.62. The number of hydrogen-bond donors (Lipinski definition) is 1. The molecule has 20 heavy (non-hydrogen) atoms. The fraction of sp³-hybridized carbons (Fsp3) is 1.00. The van der Waals surface area contributed by atoms with Gasteiger partial charge in [0.2, 0.25) is 0 Å². The van der Waals surface area contributed by atoms with Crippen molar-refractivity contribution < 1.29 is 22.6 Å². The summed E-state index contributed by atoms with van der Waals surface area (Å²) in [6.45, 7) is 1.93. The normalized spacial score (nSPS) is 31.2. The molecule has 0 amide bonds. The summed E-state index contributed by atoms with van der Waals surface area (Å²) < 4.78 is 49.3. The number of rotatable bonds is 4. The summed E-state index contributed by atoms with van der Waals surface area (Å²) in [5.74, 6) is -1.15. The Labute approximate surface area is 118 Å². The highest BCUT2D eigenvalue weighted by Gasteiger charge is 2.42. The summed E-state index contributed by atoms with van der Waals surface area (Å²) in [7, 11) is 1.67. The van der Waals surface area contributed by atoms with E-state index in [1.54, 1.807) is 7.11 Å². The van der Waals surface area contributed by atoms with Crippen molar-refractivity contribution in [1.29, 1.82) is 0 Å². The quantitative estimate of drug-likeness (QED) is 0.865. The van der Waals surface area contributed by atoms with Crippen molar-refractivity contribution in [1.82, 2.24) is 5.32 Å². The van der Waals surface area contributed by atoms with Gasteiger partial charge in [0.1, 0.15) is 0 Å². The molecule has 2 rings (SSSR count). The molecule has 1 saturated carbocycles. The first-order valence-electron chi connectivity index (χ1n) is 7.38. The van der Waals surface area contributed by atoms with Crippen LogP contribution in [0.4, 0.5) is 13.2 Å². The van der Waals surface area contributed by atoms with Crippen LogP contribution in [0.5, 0.6) is 0 Å². The van der Waals surface area contributed by atoms with Crippen molar-refractivity contribution in [2.75, 3.05) is 26.9 Å². The molecule has 0 spiro atoms. The van der Waals surface area contributed by atoms with Gasteiger partial charge in [0, 0.05) is 45.8 Å². The molecule has 2 atom stereocenters. The molecular formula is C14H24F3NO2. The average Bonchev–Trinajstić information content (AvgIpc) is 2.46. The monoisotopic (exact) mass is 295 g/mol. The van der Waals surface area contributed by atoms with E-state index in [9.17, 15) is 13.2 Å². The van der Waals surface area contributed by atoms with Crippen LogP contribution in [0.25, 0.3) is 0 Å². The van der Waals surface area contributed by atoms with Gasteiger partial charge in [0.25, 0.3) is 0 Å². The van der Waals surface area contributed by atoms with E-state index in [1.165, 1.54) is 0 Å². The largest absolute Gasteiger partial charge is 0.391 e. The molecule has 1 aliphatic carbocycles. The van der Waals surface area contributed by atoms with E-state index in [2.05, 4.69) is 5.32 Å². The molecule has 0 aromatic rings. The minimum Gasteiger partial charge on any atom is -0.381 e. The van der Waals surface area contributed by atoms with Crippen molar-refractivity contribution in [3.63, 3.8) is 0 Å². The van der Waals surface area contributed by atoms with Crippen molar-refractivity contribution in [3.8, 4) is 0 Å². The van der Waals surface area contributed by atoms with Crippen LogP contribution in [0.15, 0.2) is 0 Å². The third-order valence-corrected chi connectivity index (χ3v) is 4.69. The zero-order valence-corrected chi connectivity index (χ0v) is 12.0. The SMILES string of the molecule is COC1(CN[C@@H]2CCC[C@@H](C(F)(F)F)C2)CCOCC1. The van der Waals surface area contributed by atoms with E-state index in [-0.39, 0.29) is 24.5 Å². The summed E-state index contributed by atoms with van der Waals surface area (Å²) in [5.41, 5.74) is -0.274. The molecule has 6 heteroatoms. The van der Waals surface area contributed by atoms with Crippen LogP contribution in [0, 0.1) is 5.92 Å². The van der Waals surface area contributed by atoms with Gasteiger partial charge < -0.3 is 14.8 Å². The first kappa shape index (κ1) is 16.0. The Kier molecular flexibility index (Phi) is 5.31. The predicted molar refractivity (Wildman–Crippen MR) is 69.6 cm³/mol. The van der Waals surface area contributed by atoms with Gasteiger partial charge in [-0.05, 0) is 19.3 Å². The Hall–Kier alpha value is -0.330. The molecule has 2 aliphatic rings. The third-order valence-electron chi connectivity index (χ3n) is 4.69. The van der Waals surface area contributed by atoms with Crippen molar-refractivity contribution in [2.24, 2.45) is 5.92 Å². The Morgan fingerprint density at radius 2 is 1.95 bits per heavy atom. The number of ether oxygens (including phenoxy) is 2. The lowest BCUT2D eigenvalue weighted by Gasteiger charge is -2.39. The van der Waals surface area contributed by atoms with Crippen LogP contribution in [0.3, 0.4) is 0 Å². The highest BCUT2D eigenvalue weighted by molar-refractivity contribution is 4.89. The van der Waals surface area contributed by atoms with Crippen molar-refractivity contribution in [3.05, 3.63) is 0 Å². The van der Waals surface area contributed by atoms with Crippen molar-refractivity contribution >= 4 is 0 Å². The topological polar surface area (TPSA) is 30.5 Å². The van der Waals surface area contributed by atoms with Crippen LogP contribution in [0.2, 0.25) is 0 Å². The molecule has 1 saturated heterocycles. The lowest BCUT2D eigenvalue weighted by molar-refractivity contribution is -0.184. The Morgan fingerprint density at radius 1 is 1.25 bits per heavy atom. The van der Waals surface area contributed by atoms with Gasteiger partial charge in [0.05, 0.1) is 11.5 Å². The van der Waals surface area contributed by atoms with Gasteiger partial charge in [-0.25, -0.2) is 0 Å². The number of methoxy groups -OCH3 is 1. The molecular weight excluding hydrogens is 271 g/mol. The van der Waals surface area contributed by atoms with Gasteiger partial charge in [0.15, 0.2) is 0 Å². The van der Waals surface area contributed by atoms with Gasteiger partial charge in [-0.15, -0.1) is 0 Å². The zero-order chi connectivity index (χ0) is 14.6. The van der Waals surface area contributed by atoms with Crippen LogP contribution < -0.4 is 5.32 Å². The highest BCUT2D eigenvalue weighted by Crippen LogP contribution is 2.37. The zero-order valence-electron chi connectivity index (χ0n) is 12.0. The molecule has 2 fully saturated rings. The third kappa shape index (κ3) is 4.09. The van der Waals surface area contributed by atoms with Gasteiger partial charge in [-0.1, -0.05) is 6.42 Å². The lowest BCUT2D eigenvalue weighted by atomic mass is 9.84. The molecule has 0 unspecified atom stereocenters. The fourth-order valence-corrected chi connectivity index (χ4v) is 3.20. The van der Waals surface area contributed by atoms with E-state index in [0.717, 1.165) is 19.3 Å². The molecule has 0 aromatic carbocycles. The molecule has 1 heterocycles. The first-order valence-corrected chi connectivity index (χ1v) is 7.38. The number of alkyl halides is 3. The maximum absolute atomic E-state index is 12.8. The summed E-state index contributed by atoms with van der Waals surface area (Å²) >= 11 is 0. The molecule has 1 aliphatic heterocycles. The number of hydrogen-bond acceptors (Lipinski definition) is 3. The maximum Gasteiger partial charge on any atom is 0.391 e. The molecule has 3 nitrogen and oxygen atoms in total. The lowest BCUT2D eigenvalue weighted by Crippen LogP contribution is -2.50. The van der Waals surface area contributed by atoms with Crippen molar-refractivity contribution in [2.45, 2.75) is 56.3 Å². The van der Waals surface area contributed by atoms with E-state index in [0.29, 0.717) is 26.2 Å². The Balaban J connectivity index is 1.83. The van der Waals surface area contributed by atoms with Gasteiger partial charge in [-0.3, -0.25) is 0 Å². The average molecular weight is 295 g/mol. The molecule has 0 radical (unpaired) electrons. The number of nitrogens with one attached hydrogen (secondary N) is 1. The van der Waals surface area contributed by atoms with Gasteiger partial charge >= 0.3 is 6.18 Å². The van der Waals surface area contributed by atoms with Gasteiger partial charge in [-0.2, -0.15) is 13.2 Å². The highest BCUT2D eigenvalue weighted by atomic mass is 19.4. The number of halogens is 3. The fourth-order valence-electron chi connectivity index (χ4n) is 3.20. The molecule has 0 aromatic heterocycles. The summed E-state index contributed by atoms with van der Waals surface area (Å²) in [6.07, 6.45) is -0.533. The summed E-state index contributed by atoms with van der Waals surface area (Å²) in [6, 6.07) is -0.0507. The molecule has 1 N–H and O–H groups in total. The Bertz CT molecular complexity index is 303. The summed E-state index contributed by atoms with van der Waals surface area (Å²) in [5, 5.41) is 3.30. The Morgan fingerprint density at radius 3 is 2.55 bits per heavy atom. The minimum absolute atomic E-state index is 0.0507. The standard InChI is InChI=1S/C14H24F3NO2/c1-19-13(5-7-20-8-6-13)10-18-12-4-2-3-11(9-12)14(15,16)17/h11-12,18H,2-10H2,1H3/t11-,12-/m1/s1. The van der Waals surface area contributed by atoms with E-state index in [4.69, 9.17) is 9.47 Å². The molecule has 118 valence electrons. The first-order chi connectivity index (χ1) is 9.45. The maximum atomic E-state index is 12.8. The van der Waals surface area contributed by atoms with Crippen LogP contribution in [-0.2, 0) is 9.47 Å².